The van der Waals surface area contributed by atoms with Gasteiger partial charge < -0.3 is 9.80 Å². The summed E-state index contributed by atoms with van der Waals surface area (Å²) in [5.74, 6) is 0. The molecule has 2 aliphatic heterocycles. The maximum atomic E-state index is 4.26. The molecule has 0 unspecified atom stereocenters. The molecule has 1 aliphatic carbocycles. The number of pyridine rings is 1. The van der Waals surface area contributed by atoms with Crippen molar-refractivity contribution in [1.82, 2.24) is 9.88 Å². The van der Waals surface area contributed by atoms with Gasteiger partial charge in [-0.25, -0.2) is 0 Å². The van der Waals surface area contributed by atoms with Gasteiger partial charge >= 0.3 is 0 Å². The fourth-order valence-corrected chi connectivity index (χ4v) is 5.14. The summed E-state index contributed by atoms with van der Waals surface area (Å²) in [7, 11) is 0. The van der Waals surface area contributed by atoms with Crippen LogP contribution in [-0.2, 0) is 32.9 Å². The molecule has 0 N–H and O–H groups in total. The molecular formula is C27H25IrN3-2. The van der Waals surface area contributed by atoms with Gasteiger partial charge in [0.25, 0.3) is 0 Å². The van der Waals surface area contributed by atoms with Crippen LogP contribution in [0.3, 0.4) is 0 Å². The standard InChI is InChI=1S/C27H25N3.Ir/c1-18(2)29-17-30-25-10-6-5-9-22(25)23-15-20-7-3-4-8-21(20)16-24(23)27(30)26(29)19-11-13-28-14-12-19;/h5-6,9,11-18H,3-4,7-8H2,1-2H3;/q-2;. The van der Waals surface area contributed by atoms with Crippen LogP contribution < -0.4 is 4.90 Å². The Morgan fingerprint density at radius 1 is 0.935 bits per heavy atom. The summed E-state index contributed by atoms with van der Waals surface area (Å²) in [6, 6.07) is 19.4. The Morgan fingerprint density at radius 3 is 2.35 bits per heavy atom. The molecule has 0 spiro atoms. The molecule has 159 valence electrons. The first-order valence-electron chi connectivity index (χ1n) is 11.0. The van der Waals surface area contributed by atoms with Crippen molar-refractivity contribution in [2.75, 3.05) is 4.90 Å². The van der Waals surface area contributed by atoms with Crippen LogP contribution in [0.5, 0.6) is 0 Å². The van der Waals surface area contributed by atoms with E-state index in [9.17, 15) is 0 Å². The number of aryl methyl sites for hydroxylation is 2. The molecule has 1 radical (unpaired) electrons. The van der Waals surface area contributed by atoms with Crippen molar-refractivity contribution in [2.45, 2.75) is 45.6 Å². The third kappa shape index (κ3) is 3.16. The summed E-state index contributed by atoms with van der Waals surface area (Å²) < 4.78 is 0. The normalized spacial score (nSPS) is 16.5. The van der Waals surface area contributed by atoms with Gasteiger partial charge in [0.15, 0.2) is 0 Å². The van der Waals surface area contributed by atoms with E-state index in [1.54, 1.807) is 0 Å². The van der Waals surface area contributed by atoms with E-state index in [2.05, 4.69) is 77.8 Å². The van der Waals surface area contributed by atoms with Crippen LogP contribution in [0.25, 0.3) is 22.5 Å². The van der Waals surface area contributed by atoms with E-state index >= 15 is 0 Å². The summed E-state index contributed by atoms with van der Waals surface area (Å²) in [5.41, 5.74) is 11.9. The molecule has 31 heavy (non-hydrogen) atoms. The van der Waals surface area contributed by atoms with Gasteiger partial charge in [0, 0.05) is 49.5 Å². The van der Waals surface area contributed by atoms with Gasteiger partial charge in [-0.1, -0.05) is 17.3 Å². The quantitative estimate of drug-likeness (QED) is 0.350. The number of hydrogen-bond donors (Lipinski definition) is 0. The monoisotopic (exact) mass is 584 g/mol. The fourth-order valence-electron chi connectivity index (χ4n) is 5.14. The average Bonchev–Trinajstić information content (AvgIpc) is 3.20. The van der Waals surface area contributed by atoms with Crippen LogP contribution in [0.2, 0.25) is 0 Å². The molecule has 3 aromatic rings. The Balaban J connectivity index is 0.00000204. The Labute approximate surface area is 198 Å². The smallest absolute Gasteiger partial charge is 0.0402 e. The molecule has 0 atom stereocenters. The average molecular weight is 584 g/mol. The molecule has 0 bridgehead atoms. The molecular weight excluding hydrogens is 559 g/mol. The minimum absolute atomic E-state index is 0. The zero-order chi connectivity index (χ0) is 20.2. The van der Waals surface area contributed by atoms with E-state index in [0.717, 1.165) is 5.69 Å². The first kappa shape index (κ1) is 20.5. The minimum atomic E-state index is 0. The van der Waals surface area contributed by atoms with E-state index in [1.807, 2.05) is 18.5 Å². The summed E-state index contributed by atoms with van der Waals surface area (Å²) in [5, 5.41) is 0. The minimum Gasteiger partial charge on any atom is -0.499 e. The van der Waals surface area contributed by atoms with Crippen molar-refractivity contribution in [2.24, 2.45) is 0 Å². The zero-order valence-corrected chi connectivity index (χ0v) is 20.2. The third-order valence-electron chi connectivity index (χ3n) is 6.58. The number of aromatic nitrogens is 1. The Morgan fingerprint density at radius 2 is 1.65 bits per heavy atom. The molecule has 0 saturated heterocycles. The van der Waals surface area contributed by atoms with Gasteiger partial charge in [-0.15, -0.1) is 5.56 Å². The number of rotatable bonds is 2. The molecule has 0 saturated carbocycles. The summed E-state index contributed by atoms with van der Waals surface area (Å²) in [4.78, 5) is 9.00. The van der Waals surface area contributed by atoms with Crippen molar-refractivity contribution >= 4 is 17.1 Å². The second-order valence-corrected chi connectivity index (χ2v) is 8.73. The van der Waals surface area contributed by atoms with Crippen molar-refractivity contribution in [3.8, 4) is 11.1 Å². The van der Waals surface area contributed by atoms with Gasteiger partial charge in [-0.2, -0.15) is 30.9 Å². The van der Waals surface area contributed by atoms with Crippen molar-refractivity contribution < 1.29 is 20.1 Å². The first-order valence-corrected chi connectivity index (χ1v) is 11.0. The Hall–Kier alpha value is -2.42. The Bertz CT molecular complexity index is 1170. The van der Waals surface area contributed by atoms with Crippen LogP contribution in [0, 0.1) is 12.7 Å². The van der Waals surface area contributed by atoms with Gasteiger partial charge in [0.1, 0.15) is 0 Å². The Kier molecular flexibility index (Phi) is 5.24. The van der Waals surface area contributed by atoms with Gasteiger partial charge in [0.05, 0.1) is 0 Å². The molecule has 3 nitrogen and oxygen atoms in total. The maximum Gasteiger partial charge on any atom is 0.0402 e. The van der Waals surface area contributed by atoms with Crippen molar-refractivity contribution in [3.05, 3.63) is 89.8 Å². The molecule has 4 heteroatoms. The third-order valence-corrected chi connectivity index (χ3v) is 6.58. The molecule has 3 heterocycles. The van der Waals surface area contributed by atoms with Crippen LogP contribution in [0.15, 0.2) is 54.9 Å². The zero-order valence-electron chi connectivity index (χ0n) is 17.9. The topological polar surface area (TPSA) is 19.4 Å². The second kappa shape index (κ2) is 7.93. The number of fused-ring (bicyclic) bond motifs is 7. The van der Waals surface area contributed by atoms with Crippen LogP contribution >= 0.6 is 0 Å². The molecule has 2 aromatic carbocycles. The van der Waals surface area contributed by atoms with Crippen molar-refractivity contribution in [3.63, 3.8) is 0 Å². The largest absolute Gasteiger partial charge is 0.499 e. The number of para-hydroxylation sites is 1. The predicted molar refractivity (Wildman–Crippen MR) is 122 cm³/mol. The van der Waals surface area contributed by atoms with Crippen LogP contribution in [0.1, 0.15) is 48.9 Å². The summed E-state index contributed by atoms with van der Waals surface area (Å²) in [6.45, 7) is 6.76. The van der Waals surface area contributed by atoms with Gasteiger partial charge in [-0.3, -0.25) is 4.98 Å². The second-order valence-electron chi connectivity index (χ2n) is 8.73. The number of benzene rings is 2. The van der Waals surface area contributed by atoms with E-state index in [-0.39, 0.29) is 20.1 Å². The van der Waals surface area contributed by atoms with E-state index < -0.39 is 0 Å². The number of anilines is 1. The number of hydrogen-bond acceptors (Lipinski definition) is 3. The molecule has 0 amide bonds. The summed E-state index contributed by atoms with van der Waals surface area (Å²) >= 11 is 0. The van der Waals surface area contributed by atoms with Crippen LogP contribution in [0.4, 0.5) is 5.69 Å². The molecule has 0 fully saturated rings. The molecule has 1 aromatic heterocycles. The number of nitrogens with zero attached hydrogens (tertiary/aromatic N) is 3. The van der Waals surface area contributed by atoms with E-state index in [4.69, 9.17) is 0 Å². The maximum absolute atomic E-state index is 4.26. The molecule has 6 rings (SSSR count). The first-order chi connectivity index (χ1) is 14.7. The SMILES string of the molecule is CC(C)N1[CH-]N2C(=C1c1ccncc1)c1cc3c(cc1-c1ccc[c-]c12)CCCC3.[Ir]. The van der Waals surface area contributed by atoms with Crippen LogP contribution in [-0.4, -0.2) is 15.9 Å². The van der Waals surface area contributed by atoms with Crippen molar-refractivity contribution in [1.29, 1.82) is 0 Å². The molecule has 3 aliphatic rings. The van der Waals surface area contributed by atoms with E-state index in [1.165, 1.54) is 70.5 Å². The van der Waals surface area contributed by atoms with Gasteiger partial charge in [-0.05, 0) is 80.5 Å². The summed E-state index contributed by atoms with van der Waals surface area (Å²) in [6.07, 6.45) is 8.75. The van der Waals surface area contributed by atoms with E-state index in [0.29, 0.717) is 6.04 Å². The predicted octanol–water partition coefficient (Wildman–Crippen LogP) is 5.91. The van der Waals surface area contributed by atoms with Gasteiger partial charge in [0.2, 0.25) is 0 Å². The fraction of sp³-hybridized carbons (Fsp3) is 0.259.